The molecule has 0 N–H and O–H groups in total. The second kappa shape index (κ2) is 5.74. The summed E-state index contributed by atoms with van der Waals surface area (Å²) in [6.45, 7) is 6.85. The SMILES string of the molecule is CCC(C)SC(C)(c1ccccc1)N(C)C. The topological polar surface area (TPSA) is 3.24 Å². The highest BCUT2D eigenvalue weighted by Crippen LogP contribution is 2.41. The average molecular weight is 237 g/mol. The summed E-state index contributed by atoms with van der Waals surface area (Å²) in [6.07, 6.45) is 1.21. The highest BCUT2D eigenvalue weighted by molar-refractivity contribution is 8.00. The van der Waals surface area contributed by atoms with Crippen LogP contribution in [0.4, 0.5) is 0 Å². The quantitative estimate of drug-likeness (QED) is 0.713. The predicted octanol–water partition coefficient (Wildman–Crippen LogP) is 3.95. The van der Waals surface area contributed by atoms with Crippen molar-refractivity contribution < 1.29 is 0 Å². The van der Waals surface area contributed by atoms with Gasteiger partial charge in [0, 0.05) is 5.25 Å². The van der Waals surface area contributed by atoms with Gasteiger partial charge in [-0.15, -0.1) is 11.8 Å². The van der Waals surface area contributed by atoms with E-state index in [1.807, 2.05) is 11.8 Å². The van der Waals surface area contributed by atoms with Crippen molar-refractivity contribution in [2.75, 3.05) is 14.1 Å². The molecule has 0 amide bonds. The van der Waals surface area contributed by atoms with Crippen LogP contribution < -0.4 is 0 Å². The van der Waals surface area contributed by atoms with E-state index < -0.39 is 0 Å². The lowest BCUT2D eigenvalue weighted by Gasteiger charge is -2.38. The first kappa shape index (κ1) is 13.6. The first-order valence-corrected chi connectivity index (χ1v) is 6.79. The first-order chi connectivity index (χ1) is 7.50. The largest absolute Gasteiger partial charge is 0.292 e. The smallest absolute Gasteiger partial charge is 0.0895 e. The molecule has 16 heavy (non-hydrogen) atoms. The Morgan fingerprint density at radius 3 is 2.25 bits per heavy atom. The van der Waals surface area contributed by atoms with Crippen LogP contribution in [-0.4, -0.2) is 24.2 Å². The van der Waals surface area contributed by atoms with Crippen molar-refractivity contribution in [3.05, 3.63) is 35.9 Å². The zero-order chi connectivity index (χ0) is 12.2. The van der Waals surface area contributed by atoms with Crippen LogP contribution in [0, 0.1) is 0 Å². The maximum atomic E-state index is 2.30. The van der Waals surface area contributed by atoms with E-state index in [2.05, 4.69) is 70.1 Å². The second-order valence-corrected chi connectivity index (χ2v) is 6.42. The fourth-order valence-electron chi connectivity index (χ4n) is 1.65. The maximum Gasteiger partial charge on any atom is 0.0895 e. The summed E-state index contributed by atoms with van der Waals surface area (Å²) in [5, 5.41) is 0.674. The highest BCUT2D eigenvalue weighted by atomic mass is 32.2. The zero-order valence-corrected chi connectivity index (χ0v) is 11.8. The van der Waals surface area contributed by atoms with Gasteiger partial charge in [-0.2, -0.15) is 0 Å². The van der Waals surface area contributed by atoms with Crippen molar-refractivity contribution in [2.45, 2.75) is 37.3 Å². The Morgan fingerprint density at radius 2 is 1.81 bits per heavy atom. The van der Waals surface area contributed by atoms with E-state index in [9.17, 15) is 0 Å². The van der Waals surface area contributed by atoms with E-state index in [1.54, 1.807) is 0 Å². The van der Waals surface area contributed by atoms with Gasteiger partial charge >= 0.3 is 0 Å². The Balaban J connectivity index is 2.98. The third-order valence-corrected chi connectivity index (χ3v) is 4.96. The van der Waals surface area contributed by atoms with Crippen molar-refractivity contribution in [1.82, 2.24) is 4.90 Å². The van der Waals surface area contributed by atoms with Crippen LogP contribution in [0.1, 0.15) is 32.8 Å². The molecule has 0 radical (unpaired) electrons. The minimum Gasteiger partial charge on any atom is -0.292 e. The Bertz CT molecular complexity index is 310. The van der Waals surface area contributed by atoms with Crippen LogP contribution in [0.3, 0.4) is 0 Å². The van der Waals surface area contributed by atoms with Crippen molar-refractivity contribution in [2.24, 2.45) is 0 Å². The average Bonchev–Trinajstić information content (AvgIpc) is 2.29. The molecule has 0 spiro atoms. The Morgan fingerprint density at radius 1 is 1.25 bits per heavy atom. The lowest BCUT2D eigenvalue weighted by molar-refractivity contribution is 0.281. The van der Waals surface area contributed by atoms with E-state index >= 15 is 0 Å². The van der Waals surface area contributed by atoms with Gasteiger partial charge in [-0.3, -0.25) is 4.90 Å². The number of rotatable bonds is 5. The number of thioether (sulfide) groups is 1. The summed E-state index contributed by atoms with van der Waals surface area (Å²) in [6, 6.07) is 10.8. The normalized spacial score (nSPS) is 17.1. The molecule has 0 aliphatic heterocycles. The molecular formula is C14H23NS. The van der Waals surface area contributed by atoms with Gasteiger partial charge in [0.1, 0.15) is 0 Å². The molecule has 1 aromatic rings. The summed E-state index contributed by atoms with van der Waals surface area (Å²) < 4.78 is 0. The molecule has 1 nitrogen and oxygen atoms in total. The molecule has 0 heterocycles. The third kappa shape index (κ3) is 3.02. The molecule has 0 aliphatic carbocycles. The molecule has 0 bridgehead atoms. The molecule has 0 fully saturated rings. The first-order valence-electron chi connectivity index (χ1n) is 5.91. The molecule has 2 unspecified atom stereocenters. The Labute approximate surface area is 104 Å². The monoisotopic (exact) mass is 237 g/mol. The van der Waals surface area contributed by atoms with Gasteiger partial charge in [-0.05, 0) is 33.0 Å². The van der Waals surface area contributed by atoms with Gasteiger partial charge in [0.05, 0.1) is 4.87 Å². The fourth-order valence-corrected chi connectivity index (χ4v) is 3.09. The van der Waals surface area contributed by atoms with Crippen LogP contribution in [0.15, 0.2) is 30.3 Å². The van der Waals surface area contributed by atoms with Crippen LogP contribution in [0.25, 0.3) is 0 Å². The van der Waals surface area contributed by atoms with E-state index in [0.29, 0.717) is 5.25 Å². The summed E-state index contributed by atoms with van der Waals surface area (Å²) in [7, 11) is 4.31. The van der Waals surface area contributed by atoms with E-state index in [4.69, 9.17) is 0 Å². The van der Waals surface area contributed by atoms with E-state index in [1.165, 1.54) is 12.0 Å². The van der Waals surface area contributed by atoms with E-state index in [-0.39, 0.29) is 4.87 Å². The molecule has 0 aliphatic rings. The van der Waals surface area contributed by atoms with Crippen LogP contribution in [0.5, 0.6) is 0 Å². The zero-order valence-electron chi connectivity index (χ0n) is 11.0. The van der Waals surface area contributed by atoms with Gasteiger partial charge < -0.3 is 0 Å². The van der Waals surface area contributed by atoms with Crippen LogP contribution in [0.2, 0.25) is 0 Å². The van der Waals surface area contributed by atoms with Crippen molar-refractivity contribution >= 4 is 11.8 Å². The lowest BCUT2D eigenvalue weighted by Crippen LogP contribution is -2.36. The number of hydrogen-bond donors (Lipinski definition) is 0. The molecule has 90 valence electrons. The molecule has 2 atom stereocenters. The highest BCUT2D eigenvalue weighted by Gasteiger charge is 2.31. The molecule has 0 saturated carbocycles. The summed E-state index contributed by atoms with van der Waals surface area (Å²) in [5.41, 5.74) is 1.38. The lowest BCUT2D eigenvalue weighted by atomic mass is 10.1. The standard InChI is InChI=1S/C14H23NS/c1-6-12(2)16-14(3,15(4)5)13-10-8-7-9-11-13/h7-12H,6H2,1-5H3. The minimum atomic E-state index is 0.0662. The second-order valence-electron chi connectivity index (χ2n) is 4.58. The number of nitrogens with zero attached hydrogens (tertiary/aromatic N) is 1. The van der Waals surface area contributed by atoms with Crippen LogP contribution >= 0.6 is 11.8 Å². The van der Waals surface area contributed by atoms with Gasteiger partial charge in [0.2, 0.25) is 0 Å². The molecule has 1 rings (SSSR count). The Kier molecular flexibility index (Phi) is 4.88. The third-order valence-electron chi connectivity index (χ3n) is 3.17. The van der Waals surface area contributed by atoms with Crippen molar-refractivity contribution in [3.8, 4) is 0 Å². The van der Waals surface area contributed by atoms with Gasteiger partial charge in [0.15, 0.2) is 0 Å². The van der Waals surface area contributed by atoms with Gasteiger partial charge in [-0.25, -0.2) is 0 Å². The molecule has 0 saturated heterocycles. The van der Waals surface area contributed by atoms with Crippen molar-refractivity contribution in [3.63, 3.8) is 0 Å². The molecular weight excluding hydrogens is 214 g/mol. The predicted molar refractivity (Wildman–Crippen MR) is 74.8 cm³/mol. The Hall–Kier alpha value is -0.470. The summed E-state index contributed by atoms with van der Waals surface area (Å²) in [5.74, 6) is 0. The minimum absolute atomic E-state index is 0.0662. The molecule has 1 aromatic carbocycles. The fraction of sp³-hybridized carbons (Fsp3) is 0.571. The molecule has 2 heteroatoms. The van der Waals surface area contributed by atoms with Crippen LogP contribution in [-0.2, 0) is 4.87 Å². The summed E-state index contributed by atoms with van der Waals surface area (Å²) in [4.78, 5) is 2.37. The van der Waals surface area contributed by atoms with E-state index in [0.717, 1.165) is 0 Å². The van der Waals surface area contributed by atoms with Gasteiger partial charge in [0.25, 0.3) is 0 Å². The van der Waals surface area contributed by atoms with Crippen molar-refractivity contribution in [1.29, 1.82) is 0 Å². The molecule has 0 aromatic heterocycles. The maximum absolute atomic E-state index is 2.30. The number of hydrogen-bond acceptors (Lipinski definition) is 2. The summed E-state index contributed by atoms with van der Waals surface area (Å²) >= 11 is 2.03. The van der Waals surface area contributed by atoms with Gasteiger partial charge in [-0.1, -0.05) is 44.2 Å². The number of benzene rings is 1.